The monoisotopic (exact) mass is 302 g/mol. The van der Waals surface area contributed by atoms with E-state index < -0.39 is 0 Å². The largest absolute Gasteiger partial charge is 0.313 e. The maximum Gasteiger partial charge on any atom is 0.0622 e. The number of nitrogens with zero attached hydrogens (tertiary/aromatic N) is 1. The van der Waals surface area contributed by atoms with E-state index in [0.29, 0.717) is 0 Å². The zero-order chi connectivity index (χ0) is 13.9. The van der Waals surface area contributed by atoms with Gasteiger partial charge in [0.25, 0.3) is 0 Å². The first kappa shape index (κ1) is 13.6. The van der Waals surface area contributed by atoms with Crippen molar-refractivity contribution in [1.29, 1.82) is 0 Å². The van der Waals surface area contributed by atoms with Crippen LogP contribution >= 0.6 is 22.9 Å². The second kappa shape index (κ2) is 5.92. The first-order chi connectivity index (χ1) is 9.79. The Kier molecular flexibility index (Phi) is 4.01. The summed E-state index contributed by atoms with van der Waals surface area (Å²) in [4.78, 5) is 4.04. The molecule has 2 nitrogen and oxygen atoms in total. The Hall–Kier alpha value is -1.42. The zero-order valence-electron chi connectivity index (χ0n) is 11.1. The topological polar surface area (TPSA) is 24.9 Å². The van der Waals surface area contributed by atoms with Gasteiger partial charge in [0.2, 0.25) is 0 Å². The Morgan fingerprint density at radius 1 is 1.30 bits per heavy atom. The Bertz CT molecular complexity index is 723. The third kappa shape index (κ3) is 2.57. The standard InChI is InChI=1S/C16H15ClN2S/c1-18-15(8-11-6-7-19-9-14(11)17)13-10-20-16-5-3-2-4-12(13)16/h2-7,9-10,15,18H,8H2,1H3. The molecule has 4 heteroatoms. The van der Waals surface area contributed by atoms with Gasteiger partial charge in [-0.2, -0.15) is 0 Å². The second-order valence-electron chi connectivity index (χ2n) is 4.70. The molecular weight excluding hydrogens is 288 g/mol. The number of thiophene rings is 1. The van der Waals surface area contributed by atoms with E-state index in [4.69, 9.17) is 11.6 Å². The van der Waals surface area contributed by atoms with Crippen molar-refractivity contribution in [2.24, 2.45) is 0 Å². The molecule has 1 atom stereocenters. The van der Waals surface area contributed by atoms with Crippen molar-refractivity contribution in [3.63, 3.8) is 0 Å². The molecule has 0 radical (unpaired) electrons. The molecule has 0 aliphatic heterocycles. The van der Waals surface area contributed by atoms with Crippen LogP contribution in [0, 0.1) is 0 Å². The number of fused-ring (bicyclic) bond motifs is 1. The fourth-order valence-electron chi connectivity index (χ4n) is 2.43. The quantitative estimate of drug-likeness (QED) is 0.770. The van der Waals surface area contributed by atoms with Gasteiger partial charge in [0.1, 0.15) is 0 Å². The number of aromatic nitrogens is 1. The Morgan fingerprint density at radius 2 is 2.15 bits per heavy atom. The lowest BCUT2D eigenvalue weighted by atomic mass is 9.99. The third-order valence-corrected chi connectivity index (χ3v) is 4.84. The molecule has 0 amide bonds. The molecule has 0 saturated carbocycles. The number of likely N-dealkylation sites (N-methyl/N-ethyl adjacent to an activating group) is 1. The Labute approximate surface area is 127 Å². The van der Waals surface area contributed by atoms with Gasteiger partial charge in [-0.1, -0.05) is 29.8 Å². The molecule has 2 heterocycles. The van der Waals surface area contributed by atoms with Crippen LogP contribution in [0.3, 0.4) is 0 Å². The maximum absolute atomic E-state index is 6.22. The molecule has 0 aliphatic carbocycles. The molecule has 0 aliphatic rings. The predicted octanol–water partition coefficient (Wildman–Crippen LogP) is 4.45. The van der Waals surface area contributed by atoms with Gasteiger partial charge in [0.05, 0.1) is 5.02 Å². The van der Waals surface area contributed by atoms with Crippen LogP contribution in [0.4, 0.5) is 0 Å². The summed E-state index contributed by atoms with van der Waals surface area (Å²) in [5.41, 5.74) is 2.46. The first-order valence-corrected chi connectivity index (χ1v) is 7.77. The highest BCUT2D eigenvalue weighted by atomic mass is 35.5. The molecule has 0 fully saturated rings. The van der Waals surface area contributed by atoms with Crippen molar-refractivity contribution in [2.75, 3.05) is 7.05 Å². The molecule has 0 saturated heterocycles. The average molecular weight is 303 g/mol. The van der Waals surface area contributed by atoms with E-state index in [0.717, 1.165) is 17.0 Å². The van der Waals surface area contributed by atoms with Crippen molar-refractivity contribution >= 4 is 33.0 Å². The van der Waals surface area contributed by atoms with E-state index in [2.05, 4.69) is 39.9 Å². The number of benzene rings is 1. The number of halogens is 1. The molecule has 1 N–H and O–H groups in total. The van der Waals surface area contributed by atoms with Gasteiger partial charge in [-0.15, -0.1) is 11.3 Å². The van der Waals surface area contributed by atoms with Crippen molar-refractivity contribution in [1.82, 2.24) is 10.3 Å². The van der Waals surface area contributed by atoms with Crippen molar-refractivity contribution < 1.29 is 0 Å². The number of hydrogen-bond acceptors (Lipinski definition) is 3. The molecular formula is C16H15ClN2S. The number of nitrogens with one attached hydrogen (secondary N) is 1. The minimum absolute atomic E-state index is 0.256. The summed E-state index contributed by atoms with van der Waals surface area (Å²) >= 11 is 8.00. The first-order valence-electron chi connectivity index (χ1n) is 6.51. The minimum atomic E-state index is 0.256. The van der Waals surface area contributed by atoms with E-state index in [9.17, 15) is 0 Å². The molecule has 20 heavy (non-hydrogen) atoms. The average Bonchev–Trinajstić information content (AvgIpc) is 2.90. The van der Waals surface area contributed by atoms with Gasteiger partial charge in [0, 0.05) is 23.1 Å². The summed E-state index contributed by atoms with van der Waals surface area (Å²) in [6.07, 6.45) is 4.35. The van der Waals surface area contributed by atoms with Crippen LogP contribution in [0.15, 0.2) is 48.1 Å². The van der Waals surface area contributed by atoms with Gasteiger partial charge in [-0.3, -0.25) is 4.98 Å². The molecule has 0 spiro atoms. The van der Waals surface area contributed by atoms with E-state index in [1.54, 1.807) is 23.7 Å². The normalized spacial score (nSPS) is 12.7. The lowest BCUT2D eigenvalue weighted by Gasteiger charge is -2.16. The van der Waals surface area contributed by atoms with Gasteiger partial charge in [-0.25, -0.2) is 0 Å². The fraction of sp³-hybridized carbons (Fsp3) is 0.188. The summed E-state index contributed by atoms with van der Waals surface area (Å²) in [7, 11) is 1.99. The van der Waals surface area contributed by atoms with Crippen molar-refractivity contribution in [3.05, 3.63) is 64.3 Å². The number of pyridine rings is 1. The van der Waals surface area contributed by atoms with Gasteiger partial charge < -0.3 is 5.32 Å². The Balaban J connectivity index is 1.96. The van der Waals surface area contributed by atoms with Crippen LogP contribution < -0.4 is 5.32 Å². The highest BCUT2D eigenvalue weighted by Gasteiger charge is 2.16. The van der Waals surface area contributed by atoms with E-state index in [-0.39, 0.29) is 6.04 Å². The van der Waals surface area contributed by atoms with Crippen LogP contribution in [0.2, 0.25) is 5.02 Å². The SMILES string of the molecule is CNC(Cc1ccncc1Cl)c1csc2ccccc12. The number of rotatable bonds is 4. The summed E-state index contributed by atoms with van der Waals surface area (Å²) in [5.74, 6) is 0. The van der Waals surface area contributed by atoms with Gasteiger partial charge in [0.15, 0.2) is 0 Å². The van der Waals surface area contributed by atoms with Gasteiger partial charge >= 0.3 is 0 Å². The Morgan fingerprint density at radius 3 is 2.95 bits per heavy atom. The molecule has 1 aromatic carbocycles. The lowest BCUT2D eigenvalue weighted by molar-refractivity contribution is 0.597. The molecule has 102 valence electrons. The third-order valence-electron chi connectivity index (χ3n) is 3.52. The second-order valence-corrected chi connectivity index (χ2v) is 6.02. The smallest absolute Gasteiger partial charge is 0.0622 e. The van der Waals surface area contributed by atoms with Crippen LogP contribution in [0.5, 0.6) is 0 Å². The van der Waals surface area contributed by atoms with Crippen LogP contribution in [-0.4, -0.2) is 12.0 Å². The molecule has 3 aromatic rings. The van der Waals surface area contributed by atoms with Gasteiger partial charge in [-0.05, 0) is 47.5 Å². The van der Waals surface area contributed by atoms with E-state index >= 15 is 0 Å². The van der Waals surface area contributed by atoms with Crippen LogP contribution in [0.1, 0.15) is 17.2 Å². The number of hydrogen-bond donors (Lipinski definition) is 1. The summed E-state index contributed by atoms with van der Waals surface area (Å²) in [5, 5.41) is 7.69. The van der Waals surface area contributed by atoms with Crippen LogP contribution in [-0.2, 0) is 6.42 Å². The zero-order valence-corrected chi connectivity index (χ0v) is 12.7. The van der Waals surface area contributed by atoms with E-state index in [1.165, 1.54) is 15.6 Å². The molecule has 3 rings (SSSR count). The van der Waals surface area contributed by atoms with E-state index in [1.807, 2.05) is 13.1 Å². The molecule has 0 bridgehead atoms. The molecule has 1 unspecified atom stereocenters. The predicted molar refractivity (Wildman–Crippen MR) is 86.6 cm³/mol. The van der Waals surface area contributed by atoms with Crippen molar-refractivity contribution in [3.8, 4) is 0 Å². The lowest BCUT2D eigenvalue weighted by Crippen LogP contribution is -2.18. The maximum atomic E-state index is 6.22. The summed E-state index contributed by atoms with van der Waals surface area (Å²) in [6, 6.07) is 10.8. The van der Waals surface area contributed by atoms with Crippen molar-refractivity contribution in [2.45, 2.75) is 12.5 Å². The fourth-order valence-corrected chi connectivity index (χ4v) is 3.64. The summed E-state index contributed by atoms with van der Waals surface area (Å²) in [6.45, 7) is 0. The highest BCUT2D eigenvalue weighted by Crippen LogP contribution is 2.32. The minimum Gasteiger partial charge on any atom is -0.313 e. The highest BCUT2D eigenvalue weighted by molar-refractivity contribution is 7.17. The molecule has 2 aromatic heterocycles. The summed E-state index contributed by atoms with van der Waals surface area (Å²) < 4.78 is 1.32. The van der Waals surface area contributed by atoms with Crippen LogP contribution in [0.25, 0.3) is 10.1 Å².